The molecule has 0 spiro atoms. The van der Waals surface area contributed by atoms with Crippen molar-refractivity contribution in [3.63, 3.8) is 0 Å². The van der Waals surface area contributed by atoms with Crippen LogP contribution in [0.3, 0.4) is 0 Å². The van der Waals surface area contributed by atoms with Gasteiger partial charge in [0.1, 0.15) is 11.6 Å². The first-order chi connectivity index (χ1) is 15.0. The van der Waals surface area contributed by atoms with Crippen molar-refractivity contribution in [2.45, 2.75) is 26.6 Å². The number of amides is 1. The number of ether oxygens (including phenoxy) is 2. The summed E-state index contributed by atoms with van der Waals surface area (Å²) in [7, 11) is 0. The average Bonchev–Trinajstić information content (AvgIpc) is 2.70. The Hall–Kier alpha value is -3.34. The average molecular weight is 475 g/mol. The van der Waals surface area contributed by atoms with Crippen LogP contribution in [0.25, 0.3) is 0 Å². The highest BCUT2D eigenvalue weighted by Crippen LogP contribution is 2.29. The number of nitrogens with zero attached hydrogens (tertiary/aromatic N) is 1. The van der Waals surface area contributed by atoms with Gasteiger partial charge in [0.05, 0.1) is 29.9 Å². The van der Waals surface area contributed by atoms with Crippen LogP contribution in [0.5, 0.6) is 0 Å². The Kier molecular flexibility index (Phi) is 8.03. The molecule has 12 heteroatoms. The van der Waals surface area contributed by atoms with Crippen molar-refractivity contribution >= 4 is 35.1 Å². The summed E-state index contributed by atoms with van der Waals surface area (Å²) in [5.41, 5.74) is -2.36. The molecule has 0 aliphatic carbocycles. The summed E-state index contributed by atoms with van der Waals surface area (Å²) in [4.78, 5) is 48.6. The van der Waals surface area contributed by atoms with Crippen molar-refractivity contribution in [1.29, 1.82) is 0 Å². The molecule has 1 aromatic heterocycles. The molecule has 0 atom stereocenters. The van der Waals surface area contributed by atoms with Crippen molar-refractivity contribution in [3.05, 3.63) is 62.5 Å². The molecule has 0 unspecified atom stereocenters. The van der Waals surface area contributed by atoms with E-state index in [9.17, 15) is 32.3 Å². The van der Waals surface area contributed by atoms with Crippen molar-refractivity contribution in [1.82, 2.24) is 4.57 Å². The van der Waals surface area contributed by atoms with Crippen LogP contribution in [0.2, 0.25) is 5.02 Å². The second-order valence-corrected chi connectivity index (χ2v) is 6.70. The van der Waals surface area contributed by atoms with Gasteiger partial charge in [-0.05, 0) is 38.1 Å². The number of halogens is 4. The smallest absolute Gasteiger partial charge is 0.417 e. The Morgan fingerprint density at radius 2 is 1.53 bits per heavy atom. The summed E-state index contributed by atoms with van der Waals surface area (Å²) in [6, 6.07) is 4.09. The van der Waals surface area contributed by atoms with Gasteiger partial charge in [0.25, 0.3) is 5.56 Å². The molecular formula is C20H18ClF3N2O6. The topological polar surface area (TPSA) is 104 Å². The van der Waals surface area contributed by atoms with Gasteiger partial charge in [0.15, 0.2) is 0 Å². The third-order valence-corrected chi connectivity index (χ3v) is 4.19. The molecule has 1 N–H and O–H groups in total. The first kappa shape index (κ1) is 24.9. The minimum atomic E-state index is -4.78. The minimum Gasteiger partial charge on any atom is -0.462 e. The Labute approximate surface area is 184 Å². The third-order valence-electron chi connectivity index (χ3n) is 3.92. The van der Waals surface area contributed by atoms with E-state index < -0.39 is 46.7 Å². The van der Waals surface area contributed by atoms with Crippen molar-refractivity contribution in [3.8, 4) is 0 Å². The molecule has 2 aromatic rings. The maximum Gasteiger partial charge on any atom is 0.417 e. The van der Waals surface area contributed by atoms with Gasteiger partial charge in [0, 0.05) is 11.9 Å². The van der Waals surface area contributed by atoms with Crippen molar-refractivity contribution in [2.75, 3.05) is 18.5 Å². The van der Waals surface area contributed by atoms with Crippen LogP contribution >= 0.6 is 11.6 Å². The maximum absolute atomic E-state index is 13.0. The van der Waals surface area contributed by atoms with Crippen LogP contribution < -0.4 is 10.9 Å². The maximum atomic E-state index is 13.0. The molecule has 0 radical (unpaired) electrons. The number of pyridine rings is 1. The van der Waals surface area contributed by atoms with E-state index in [1.165, 1.54) is 18.2 Å². The second kappa shape index (κ2) is 10.3. The molecular weight excluding hydrogens is 457 g/mol. The fourth-order valence-corrected chi connectivity index (χ4v) is 2.82. The predicted molar refractivity (Wildman–Crippen MR) is 108 cm³/mol. The number of anilines is 1. The first-order valence-corrected chi connectivity index (χ1v) is 9.60. The summed E-state index contributed by atoms with van der Waals surface area (Å²) in [5, 5.41) is 1.62. The van der Waals surface area contributed by atoms with Gasteiger partial charge in [-0.1, -0.05) is 11.6 Å². The van der Waals surface area contributed by atoms with Crippen LogP contribution in [-0.4, -0.2) is 35.6 Å². The largest absolute Gasteiger partial charge is 0.462 e. The van der Waals surface area contributed by atoms with E-state index in [-0.39, 0.29) is 30.0 Å². The molecule has 8 nitrogen and oxygen atoms in total. The molecule has 0 bridgehead atoms. The molecule has 1 aromatic carbocycles. The molecule has 0 aliphatic rings. The zero-order chi connectivity index (χ0) is 24.1. The Morgan fingerprint density at radius 3 is 2.00 bits per heavy atom. The second-order valence-electron chi connectivity index (χ2n) is 6.30. The molecule has 1 amide bonds. The number of esters is 2. The van der Waals surface area contributed by atoms with Gasteiger partial charge in [-0.25, -0.2) is 9.59 Å². The molecule has 0 fully saturated rings. The third kappa shape index (κ3) is 6.33. The lowest BCUT2D eigenvalue weighted by atomic mass is 10.1. The minimum absolute atomic E-state index is 0.0327. The standard InChI is InChI=1S/C20H18ClF3N2O6/c1-3-31-18(29)11-5-12(19(30)32-4-2)7-14(6-11)25-16(27)10-26-9-13(20(22,23)24)8-15(21)17(26)28/h5-9H,3-4,10H2,1-2H3,(H,25,27). The SMILES string of the molecule is CCOC(=O)c1cc(NC(=O)Cn2cc(C(F)(F)F)cc(Cl)c2=O)cc(C(=O)OCC)c1. The van der Waals surface area contributed by atoms with E-state index in [2.05, 4.69) is 5.32 Å². The molecule has 0 saturated carbocycles. The van der Waals surface area contributed by atoms with Gasteiger partial charge in [-0.3, -0.25) is 9.59 Å². The summed E-state index contributed by atoms with van der Waals surface area (Å²) in [5.74, 6) is -2.44. The van der Waals surface area contributed by atoms with Crippen LogP contribution in [0.1, 0.15) is 40.1 Å². The summed E-state index contributed by atoms with van der Waals surface area (Å²) < 4.78 is 49.2. The van der Waals surface area contributed by atoms with Crippen LogP contribution in [0, 0.1) is 0 Å². The van der Waals surface area contributed by atoms with Gasteiger partial charge in [0.2, 0.25) is 5.91 Å². The number of aromatic nitrogens is 1. The van der Waals surface area contributed by atoms with Crippen molar-refractivity contribution < 1.29 is 37.0 Å². The molecule has 1 heterocycles. The highest BCUT2D eigenvalue weighted by molar-refractivity contribution is 6.30. The van der Waals surface area contributed by atoms with Gasteiger partial charge >= 0.3 is 18.1 Å². The van der Waals surface area contributed by atoms with Gasteiger partial charge in [-0.15, -0.1) is 0 Å². The number of nitrogens with one attached hydrogen (secondary N) is 1. The first-order valence-electron chi connectivity index (χ1n) is 9.22. The number of rotatable bonds is 7. The van der Waals surface area contributed by atoms with Crippen molar-refractivity contribution in [2.24, 2.45) is 0 Å². The Balaban J connectivity index is 2.35. The van der Waals surface area contributed by atoms with Gasteiger partial charge in [-0.2, -0.15) is 13.2 Å². The molecule has 0 saturated heterocycles. The van der Waals surface area contributed by atoms with E-state index in [0.717, 1.165) is 0 Å². The van der Waals surface area contributed by atoms with E-state index in [0.29, 0.717) is 16.8 Å². The lowest BCUT2D eigenvalue weighted by Gasteiger charge is -2.13. The van der Waals surface area contributed by atoms with Crippen LogP contribution in [0.15, 0.2) is 35.3 Å². The summed E-state index contributed by atoms with van der Waals surface area (Å²) >= 11 is 5.57. The zero-order valence-electron chi connectivity index (χ0n) is 16.9. The molecule has 32 heavy (non-hydrogen) atoms. The number of carbonyl (C=O) groups excluding carboxylic acids is 3. The lowest BCUT2D eigenvalue weighted by molar-refractivity contribution is -0.138. The van der Waals surface area contributed by atoms with E-state index in [4.69, 9.17) is 21.1 Å². The van der Waals surface area contributed by atoms with Crippen LogP contribution in [0.4, 0.5) is 18.9 Å². The number of benzene rings is 1. The quantitative estimate of drug-likeness (QED) is 0.616. The number of hydrogen-bond donors (Lipinski definition) is 1. The highest BCUT2D eigenvalue weighted by atomic mass is 35.5. The van der Waals surface area contributed by atoms with E-state index >= 15 is 0 Å². The van der Waals surface area contributed by atoms with Gasteiger partial charge < -0.3 is 19.4 Å². The fraction of sp³-hybridized carbons (Fsp3) is 0.300. The lowest BCUT2D eigenvalue weighted by Crippen LogP contribution is -2.29. The number of carbonyl (C=O) groups is 3. The number of alkyl halides is 3. The fourth-order valence-electron chi connectivity index (χ4n) is 2.59. The van der Waals surface area contributed by atoms with Crippen LogP contribution in [-0.2, 0) is 27.0 Å². The zero-order valence-corrected chi connectivity index (χ0v) is 17.7. The monoisotopic (exact) mass is 474 g/mol. The Bertz CT molecular complexity index is 1060. The summed E-state index contributed by atoms with van der Waals surface area (Å²) in [6.07, 6.45) is -4.31. The Morgan fingerprint density at radius 1 is 1.00 bits per heavy atom. The number of hydrogen-bond acceptors (Lipinski definition) is 6. The molecule has 2 rings (SSSR count). The van der Waals surface area contributed by atoms with E-state index in [1.54, 1.807) is 13.8 Å². The molecule has 0 aliphatic heterocycles. The normalized spacial score (nSPS) is 11.1. The predicted octanol–water partition coefficient (Wildman–Crippen LogP) is 3.51. The summed E-state index contributed by atoms with van der Waals surface area (Å²) in [6.45, 7) is 2.47. The molecule has 172 valence electrons. The highest BCUT2D eigenvalue weighted by Gasteiger charge is 2.32. The van der Waals surface area contributed by atoms with E-state index in [1.807, 2.05) is 0 Å².